The van der Waals surface area contributed by atoms with Gasteiger partial charge in [0.1, 0.15) is 0 Å². The number of nitrogens with one attached hydrogen (secondary N) is 1. The highest BCUT2D eigenvalue weighted by atomic mass is 32.2. The van der Waals surface area contributed by atoms with Gasteiger partial charge in [-0.2, -0.15) is 0 Å². The van der Waals surface area contributed by atoms with Crippen LogP contribution in [0.2, 0.25) is 0 Å². The molecule has 1 saturated carbocycles. The molecule has 1 aromatic rings. The highest BCUT2D eigenvalue weighted by Gasteiger charge is 2.25. The second-order valence-corrected chi connectivity index (χ2v) is 7.25. The summed E-state index contributed by atoms with van der Waals surface area (Å²) in [5.41, 5.74) is 0.297. The molecule has 0 heterocycles. The van der Waals surface area contributed by atoms with Crippen molar-refractivity contribution < 1.29 is 18.3 Å². The summed E-state index contributed by atoms with van der Waals surface area (Å²) in [7, 11) is -3.33. The van der Waals surface area contributed by atoms with Gasteiger partial charge < -0.3 is 10.4 Å². The molecule has 0 radical (unpaired) electrons. The van der Waals surface area contributed by atoms with Gasteiger partial charge in [-0.25, -0.2) is 8.42 Å². The molecule has 1 amide bonds. The first kappa shape index (κ1) is 15.0. The molecule has 6 heteroatoms. The summed E-state index contributed by atoms with van der Waals surface area (Å²) in [4.78, 5) is 12.2. The van der Waals surface area contributed by atoms with Crippen LogP contribution in [-0.2, 0) is 9.84 Å². The summed E-state index contributed by atoms with van der Waals surface area (Å²) in [6.07, 6.45) is 3.97. The van der Waals surface area contributed by atoms with Gasteiger partial charge in [0, 0.05) is 11.8 Å². The zero-order valence-electron chi connectivity index (χ0n) is 11.4. The molecule has 110 valence electrons. The van der Waals surface area contributed by atoms with Crippen LogP contribution in [0.15, 0.2) is 29.2 Å². The minimum Gasteiger partial charge on any atom is -0.391 e. The van der Waals surface area contributed by atoms with E-state index >= 15 is 0 Å². The Labute approximate surface area is 118 Å². The number of carbonyl (C=O) groups excluding carboxylic acids is 1. The Hall–Kier alpha value is -1.40. The molecule has 2 rings (SSSR count). The van der Waals surface area contributed by atoms with Crippen molar-refractivity contribution in [3.63, 3.8) is 0 Å². The Balaban J connectivity index is 2.13. The highest BCUT2D eigenvalue weighted by molar-refractivity contribution is 7.90. The molecular weight excluding hydrogens is 278 g/mol. The average Bonchev–Trinajstić information content (AvgIpc) is 2.40. The summed E-state index contributed by atoms with van der Waals surface area (Å²) in [5, 5.41) is 12.6. The van der Waals surface area contributed by atoms with Crippen LogP contribution in [0.25, 0.3) is 0 Å². The van der Waals surface area contributed by atoms with E-state index in [2.05, 4.69) is 5.32 Å². The Morgan fingerprint density at radius 1 is 1.30 bits per heavy atom. The zero-order valence-corrected chi connectivity index (χ0v) is 12.2. The van der Waals surface area contributed by atoms with Gasteiger partial charge in [-0.05, 0) is 31.0 Å². The molecule has 0 saturated heterocycles. The van der Waals surface area contributed by atoms with E-state index < -0.39 is 15.9 Å². The molecule has 0 bridgehead atoms. The third kappa shape index (κ3) is 3.58. The van der Waals surface area contributed by atoms with Crippen LogP contribution in [0.4, 0.5) is 0 Å². The molecule has 1 aromatic carbocycles. The summed E-state index contributed by atoms with van der Waals surface area (Å²) >= 11 is 0. The minimum atomic E-state index is -3.33. The van der Waals surface area contributed by atoms with Crippen LogP contribution in [0.3, 0.4) is 0 Å². The second kappa shape index (κ2) is 5.93. The van der Waals surface area contributed by atoms with Crippen molar-refractivity contribution in [3.8, 4) is 0 Å². The van der Waals surface area contributed by atoms with Crippen LogP contribution in [0, 0.1) is 0 Å². The van der Waals surface area contributed by atoms with Gasteiger partial charge in [0.25, 0.3) is 5.91 Å². The summed E-state index contributed by atoms with van der Waals surface area (Å²) in [6, 6.07) is 5.68. The number of aliphatic hydroxyl groups is 1. The van der Waals surface area contributed by atoms with Crippen molar-refractivity contribution in [2.75, 3.05) is 6.26 Å². The quantitative estimate of drug-likeness (QED) is 0.876. The predicted molar refractivity (Wildman–Crippen MR) is 75.3 cm³/mol. The van der Waals surface area contributed by atoms with Gasteiger partial charge in [0.2, 0.25) is 0 Å². The summed E-state index contributed by atoms with van der Waals surface area (Å²) < 4.78 is 23.0. The third-order valence-corrected chi connectivity index (χ3v) is 4.68. The van der Waals surface area contributed by atoms with E-state index in [1.54, 1.807) is 12.1 Å². The Kier molecular flexibility index (Phi) is 4.45. The molecular formula is C14H19NO4S. The van der Waals surface area contributed by atoms with Gasteiger partial charge in [-0.15, -0.1) is 0 Å². The van der Waals surface area contributed by atoms with Crippen LogP contribution in [0.1, 0.15) is 36.0 Å². The molecule has 1 aliphatic carbocycles. The SMILES string of the molecule is CS(=O)(=O)c1cccc(C(=O)NC2CCCCC2O)c1. The highest BCUT2D eigenvalue weighted by Crippen LogP contribution is 2.19. The van der Waals surface area contributed by atoms with Gasteiger partial charge in [-0.3, -0.25) is 4.79 Å². The normalized spacial score (nSPS) is 23.3. The fourth-order valence-electron chi connectivity index (χ4n) is 2.40. The predicted octanol–water partition coefficient (Wildman–Crippen LogP) is 1.12. The molecule has 2 unspecified atom stereocenters. The molecule has 5 nitrogen and oxygen atoms in total. The van der Waals surface area contributed by atoms with Crippen molar-refractivity contribution in [3.05, 3.63) is 29.8 Å². The molecule has 2 N–H and O–H groups in total. The first-order valence-electron chi connectivity index (χ1n) is 6.67. The first-order valence-corrected chi connectivity index (χ1v) is 8.56. The fraction of sp³-hybridized carbons (Fsp3) is 0.500. The second-order valence-electron chi connectivity index (χ2n) is 5.23. The van der Waals surface area contributed by atoms with Crippen LogP contribution in [0.5, 0.6) is 0 Å². The van der Waals surface area contributed by atoms with Crippen molar-refractivity contribution >= 4 is 15.7 Å². The number of benzene rings is 1. The van der Waals surface area contributed by atoms with E-state index in [0.717, 1.165) is 25.5 Å². The van der Waals surface area contributed by atoms with Crippen LogP contribution >= 0.6 is 0 Å². The average molecular weight is 297 g/mol. The zero-order chi connectivity index (χ0) is 14.8. The standard InChI is InChI=1S/C14H19NO4S/c1-20(18,19)11-6-4-5-10(9-11)14(17)15-12-7-2-3-8-13(12)16/h4-6,9,12-13,16H,2-3,7-8H2,1H3,(H,15,17). The molecule has 2 atom stereocenters. The van der Waals surface area contributed by atoms with Gasteiger partial charge in [-0.1, -0.05) is 18.9 Å². The van der Waals surface area contributed by atoms with Crippen molar-refractivity contribution in [2.45, 2.75) is 42.7 Å². The lowest BCUT2D eigenvalue weighted by molar-refractivity contribution is 0.0717. The molecule has 0 spiro atoms. The first-order chi connectivity index (χ1) is 9.38. The van der Waals surface area contributed by atoms with Crippen molar-refractivity contribution in [2.24, 2.45) is 0 Å². The number of aliphatic hydroxyl groups excluding tert-OH is 1. The van der Waals surface area contributed by atoms with E-state index in [1.165, 1.54) is 12.1 Å². The Morgan fingerprint density at radius 3 is 2.65 bits per heavy atom. The van der Waals surface area contributed by atoms with E-state index in [1.807, 2.05) is 0 Å². The molecule has 0 aromatic heterocycles. The topological polar surface area (TPSA) is 83.5 Å². The monoisotopic (exact) mass is 297 g/mol. The van der Waals surface area contributed by atoms with E-state index in [0.29, 0.717) is 12.0 Å². The minimum absolute atomic E-state index is 0.120. The number of hydrogen-bond acceptors (Lipinski definition) is 4. The van der Waals surface area contributed by atoms with E-state index in [-0.39, 0.29) is 16.8 Å². The molecule has 20 heavy (non-hydrogen) atoms. The maximum Gasteiger partial charge on any atom is 0.251 e. The van der Waals surface area contributed by atoms with E-state index in [4.69, 9.17) is 0 Å². The van der Waals surface area contributed by atoms with E-state index in [9.17, 15) is 18.3 Å². The maximum absolute atomic E-state index is 12.1. The lowest BCUT2D eigenvalue weighted by atomic mass is 9.92. The molecule has 1 aliphatic rings. The number of amides is 1. The van der Waals surface area contributed by atoms with Crippen molar-refractivity contribution in [1.82, 2.24) is 5.32 Å². The van der Waals surface area contributed by atoms with Gasteiger partial charge >= 0.3 is 0 Å². The smallest absolute Gasteiger partial charge is 0.251 e. The third-order valence-electron chi connectivity index (χ3n) is 3.57. The van der Waals surface area contributed by atoms with Crippen LogP contribution < -0.4 is 5.32 Å². The fourth-order valence-corrected chi connectivity index (χ4v) is 3.07. The number of rotatable bonds is 3. The van der Waals surface area contributed by atoms with Crippen molar-refractivity contribution in [1.29, 1.82) is 0 Å². The largest absolute Gasteiger partial charge is 0.391 e. The summed E-state index contributed by atoms with van der Waals surface area (Å²) in [5.74, 6) is -0.346. The van der Waals surface area contributed by atoms with Gasteiger partial charge in [0.15, 0.2) is 9.84 Å². The number of carbonyl (C=O) groups is 1. The molecule has 1 fully saturated rings. The lowest BCUT2D eigenvalue weighted by Crippen LogP contribution is -2.45. The summed E-state index contributed by atoms with van der Waals surface area (Å²) in [6.45, 7) is 0. The lowest BCUT2D eigenvalue weighted by Gasteiger charge is -2.28. The Bertz CT molecular complexity index is 597. The number of hydrogen-bond donors (Lipinski definition) is 2. The maximum atomic E-state index is 12.1. The Morgan fingerprint density at radius 2 is 2.00 bits per heavy atom. The van der Waals surface area contributed by atoms with Crippen LogP contribution in [-0.4, -0.2) is 37.8 Å². The van der Waals surface area contributed by atoms with Gasteiger partial charge in [0.05, 0.1) is 17.0 Å². The molecule has 0 aliphatic heterocycles. The number of sulfone groups is 1.